The van der Waals surface area contributed by atoms with Gasteiger partial charge in [-0.2, -0.15) is 0 Å². The zero-order valence-corrected chi connectivity index (χ0v) is 8.72. The van der Waals surface area contributed by atoms with Gasteiger partial charge in [0.25, 0.3) is 0 Å². The van der Waals surface area contributed by atoms with Gasteiger partial charge in [0.15, 0.2) is 5.82 Å². The Morgan fingerprint density at radius 1 is 1.25 bits per heavy atom. The minimum atomic E-state index is -1.07. The SMILES string of the molecule is O=C(O)c1cnc(-c2ncccc2Cl)nc1. The molecule has 0 amide bonds. The summed E-state index contributed by atoms with van der Waals surface area (Å²) < 4.78 is 0. The number of carboxylic acids is 1. The zero-order chi connectivity index (χ0) is 11.5. The summed E-state index contributed by atoms with van der Waals surface area (Å²) >= 11 is 5.90. The van der Waals surface area contributed by atoms with Gasteiger partial charge in [-0.3, -0.25) is 4.98 Å². The van der Waals surface area contributed by atoms with E-state index in [2.05, 4.69) is 15.0 Å². The van der Waals surface area contributed by atoms with Crippen LogP contribution in [-0.2, 0) is 0 Å². The number of carbonyl (C=O) groups is 1. The number of aromatic nitrogens is 3. The summed E-state index contributed by atoms with van der Waals surface area (Å²) in [5.41, 5.74) is 0.455. The first-order valence-electron chi connectivity index (χ1n) is 4.34. The predicted octanol–water partition coefficient (Wildman–Crippen LogP) is 1.89. The number of rotatable bonds is 2. The maximum Gasteiger partial charge on any atom is 0.338 e. The van der Waals surface area contributed by atoms with Crippen LogP contribution in [0.15, 0.2) is 30.7 Å². The van der Waals surface area contributed by atoms with Gasteiger partial charge in [-0.25, -0.2) is 14.8 Å². The predicted molar refractivity (Wildman–Crippen MR) is 57.2 cm³/mol. The molecule has 0 atom stereocenters. The van der Waals surface area contributed by atoms with Gasteiger partial charge in [0.05, 0.1) is 10.6 Å². The van der Waals surface area contributed by atoms with Crippen LogP contribution in [0.3, 0.4) is 0 Å². The van der Waals surface area contributed by atoms with Crippen LogP contribution in [-0.4, -0.2) is 26.0 Å². The van der Waals surface area contributed by atoms with Gasteiger partial charge < -0.3 is 5.11 Å². The van der Waals surface area contributed by atoms with Crippen LogP contribution in [0.2, 0.25) is 5.02 Å². The molecule has 0 unspecified atom stereocenters. The lowest BCUT2D eigenvalue weighted by molar-refractivity contribution is 0.0696. The summed E-state index contributed by atoms with van der Waals surface area (Å²) in [7, 11) is 0. The molecule has 2 heterocycles. The molecule has 0 bridgehead atoms. The number of nitrogens with zero attached hydrogens (tertiary/aromatic N) is 3. The van der Waals surface area contributed by atoms with Gasteiger partial charge in [0, 0.05) is 18.6 Å². The van der Waals surface area contributed by atoms with Crippen LogP contribution in [0.5, 0.6) is 0 Å². The van der Waals surface area contributed by atoms with E-state index in [-0.39, 0.29) is 5.56 Å². The number of aromatic carboxylic acids is 1. The first-order chi connectivity index (χ1) is 7.68. The van der Waals surface area contributed by atoms with Crippen molar-refractivity contribution in [2.45, 2.75) is 0 Å². The van der Waals surface area contributed by atoms with Crippen molar-refractivity contribution >= 4 is 17.6 Å². The van der Waals surface area contributed by atoms with Crippen molar-refractivity contribution in [3.8, 4) is 11.5 Å². The third-order valence-corrected chi connectivity index (χ3v) is 2.17. The number of hydrogen-bond donors (Lipinski definition) is 1. The van der Waals surface area contributed by atoms with Gasteiger partial charge in [-0.15, -0.1) is 0 Å². The summed E-state index contributed by atoms with van der Waals surface area (Å²) in [5.74, 6) is -0.769. The Hall–Kier alpha value is -2.01. The van der Waals surface area contributed by atoms with Gasteiger partial charge in [-0.05, 0) is 12.1 Å². The molecule has 1 N–H and O–H groups in total. The van der Waals surface area contributed by atoms with Crippen molar-refractivity contribution in [1.29, 1.82) is 0 Å². The summed E-state index contributed by atoms with van der Waals surface area (Å²) in [6.45, 7) is 0. The largest absolute Gasteiger partial charge is 0.478 e. The van der Waals surface area contributed by atoms with Crippen LogP contribution in [0.1, 0.15) is 10.4 Å². The maximum absolute atomic E-state index is 10.6. The normalized spacial score (nSPS) is 10.1. The first-order valence-corrected chi connectivity index (χ1v) is 4.72. The monoisotopic (exact) mass is 235 g/mol. The molecular weight excluding hydrogens is 230 g/mol. The lowest BCUT2D eigenvalue weighted by atomic mass is 10.3. The summed E-state index contributed by atoms with van der Waals surface area (Å²) in [6.07, 6.45) is 4.00. The van der Waals surface area contributed by atoms with Crippen LogP contribution < -0.4 is 0 Å². The van der Waals surface area contributed by atoms with Gasteiger partial charge in [0.2, 0.25) is 0 Å². The second kappa shape index (κ2) is 4.24. The Morgan fingerprint density at radius 2 is 1.94 bits per heavy atom. The molecular formula is C10H6ClN3O2. The molecule has 0 fully saturated rings. The third kappa shape index (κ3) is 1.99. The summed E-state index contributed by atoms with van der Waals surface area (Å²) in [4.78, 5) is 22.4. The highest BCUT2D eigenvalue weighted by atomic mass is 35.5. The molecule has 0 aliphatic rings. The quantitative estimate of drug-likeness (QED) is 0.860. The molecule has 0 spiro atoms. The van der Waals surface area contributed by atoms with Crippen LogP contribution >= 0.6 is 11.6 Å². The first kappa shape index (κ1) is 10.5. The highest BCUT2D eigenvalue weighted by Gasteiger charge is 2.09. The molecule has 16 heavy (non-hydrogen) atoms. The fraction of sp³-hybridized carbons (Fsp3) is 0. The Labute approximate surface area is 95.8 Å². The van der Waals surface area contributed by atoms with E-state index in [1.165, 1.54) is 12.4 Å². The van der Waals surface area contributed by atoms with E-state index < -0.39 is 5.97 Å². The fourth-order valence-electron chi connectivity index (χ4n) is 1.11. The maximum atomic E-state index is 10.6. The van der Waals surface area contributed by atoms with Crippen LogP contribution in [0.25, 0.3) is 11.5 Å². The van der Waals surface area contributed by atoms with Gasteiger partial charge in [0.1, 0.15) is 5.69 Å². The summed E-state index contributed by atoms with van der Waals surface area (Å²) in [6, 6.07) is 3.36. The van der Waals surface area contributed by atoms with Gasteiger partial charge in [-0.1, -0.05) is 11.6 Å². The molecule has 6 heteroatoms. The van der Waals surface area contributed by atoms with E-state index in [1.807, 2.05) is 0 Å². The average Bonchev–Trinajstić information content (AvgIpc) is 2.30. The lowest BCUT2D eigenvalue weighted by Gasteiger charge is -2.00. The van der Waals surface area contributed by atoms with E-state index in [0.717, 1.165) is 0 Å². The van der Waals surface area contributed by atoms with E-state index in [4.69, 9.17) is 16.7 Å². The van der Waals surface area contributed by atoms with Crippen molar-refractivity contribution in [2.24, 2.45) is 0 Å². The van der Waals surface area contributed by atoms with Crippen LogP contribution in [0.4, 0.5) is 0 Å². The van der Waals surface area contributed by atoms with Crippen molar-refractivity contribution in [3.63, 3.8) is 0 Å². The van der Waals surface area contributed by atoms with Crippen molar-refractivity contribution in [1.82, 2.24) is 15.0 Å². The second-order valence-electron chi connectivity index (χ2n) is 2.93. The smallest absolute Gasteiger partial charge is 0.338 e. The zero-order valence-electron chi connectivity index (χ0n) is 7.96. The van der Waals surface area contributed by atoms with Crippen LogP contribution in [0, 0.1) is 0 Å². The highest BCUT2D eigenvalue weighted by molar-refractivity contribution is 6.32. The highest BCUT2D eigenvalue weighted by Crippen LogP contribution is 2.21. The molecule has 0 saturated carbocycles. The lowest BCUT2D eigenvalue weighted by Crippen LogP contribution is -2.00. The Kier molecular flexibility index (Phi) is 2.78. The average molecular weight is 236 g/mol. The molecule has 0 saturated heterocycles. The summed E-state index contributed by atoms with van der Waals surface area (Å²) in [5, 5.41) is 9.10. The molecule has 80 valence electrons. The molecule has 2 aromatic heterocycles. The number of pyridine rings is 1. The molecule has 2 aromatic rings. The number of hydrogen-bond acceptors (Lipinski definition) is 4. The third-order valence-electron chi connectivity index (χ3n) is 1.87. The van der Waals surface area contributed by atoms with Crippen molar-refractivity contribution < 1.29 is 9.90 Å². The second-order valence-corrected chi connectivity index (χ2v) is 3.34. The van der Waals surface area contributed by atoms with E-state index in [0.29, 0.717) is 16.5 Å². The molecule has 0 aliphatic heterocycles. The fourth-order valence-corrected chi connectivity index (χ4v) is 1.32. The molecule has 0 aromatic carbocycles. The molecule has 5 nitrogen and oxygen atoms in total. The van der Waals surface area contributed by atoms with E-state index >= 15 is 0 Å². The van der Waals surface area contributed by atoms with Crippen molar-refractivity contribution in [3.05, 3.63) is 41.3 Å². The minimum absolute atomic E-state index is 0.0239. The Balaban J connectivity index is 2.43. The Bertz CT molecular complexity index is 528. The van der Waals surface area contributed by atoms with E-state index in [1.54, 1.807) is 18.3 Å². The molecule has 0 aliphatic carbocycles. The van der Waals surface area contributed by atoms with Gasteiger partial charge >= 0.3 is 5.97 Å². The standard InChI is InChI=1S/C10H6ClN3O2/c11-7-2-1-3-12-8(7)9-13-4-6(5-14-9)10(15)16/h1-5H,(H,15,16). The number of carboxylic acid groups (broad SMARTS) is 1. The van der Waals surface area contributed by atoms with E-state index in [9.17, 15) is 4.79 Å². The van der Waals surface area contributed by atoms with Crippen molar-refractivity contribution in [2.75, 3.05) is 0 Å². The molecule has 2 rings (SSSR count). The Morgan fingerprint density at radius 3 is 2.50 bits per heavy atom. The molecule has 0 radical (unpaired) electrons. The topological polar surface area (TPSA) is 76.0 Å². The minimum Gasteiger partial charge on any atom is -0.478 e. The number of halogens is 1.